The molecule has 3 aromatic rings. The van der Waals surface area contributed by atoms with E-state index in [1.165, 1.54) is 12.7 Å². The molecule has 1 fully saturated rings. The Hall–Kier alpha value is -3.32. The average molecular weight is 514 g/mol. The van der Waals surface area contributed by atoms with Crippen LogP contribution in [0.3, 0.4) is 0 Å². The summed E-state index contributed by atoms with van der Waals surface area (Å²) < 4.78 is 12.8. The summed E-state index contributed by atoms with van der Waals surface area (Å²) in [5.74, 6) is 1.06. The maximum absolute atomic E-state index is 13.4. The molecule has 0 saturated carbocycles. The molecule has 37 heavy (non-hydrogen) atoms. The zero-order chi connectivity index (χ0) is 26.7. The molecule has 5 unspecified atom stereocenters. The fourth-order valence-corrected chi connectivity index (χ4v) is 4.55. The minimum atomic E-state index is -1.16. The number of hydrogen-bond donors (Lipinski definition) is 4. The summed E-state index contributed by atoms with van der Waals surface area (Å²) in [6.07, 6.45) is 0.485. The smallest absolute Gasteiger partial charge is 0.237 e. The highest BCUT2D eigenvalue weighted by Crippen LogP contribution is 2.32. The summed E-state index contributed by atoms with van der Waals surface area (Å²) in [4.78, 5) is 28.2. The van der Waals surface area contributed by atoms with E-state index in [1.54, 1.807) is 11.7 Å². The van der Waals surface area contributed by atoms with Crippen molar-refractivity contribution in [1.29, 1.82) is 0 Å². The van der Waals surface area contributed by atoms with Crippen molar-refractivity contribution in [1.82, 2.24) is 30.2 Å². The molecule has 200 valence electrons. The minimum absolute atomic E-state index is 0.0445. The van der Waals surface area contributed by atoms with Crippen LogP contribution in [0.2, 0.25) is 0 Å². The number of nitrogens with zero attached hydrogens (tertiary/aromatic N) is 5. The third kappa shape index (κ3) is 5.67. The van der Waals surface area contributed by atoms with Crippen LogP contribution in [0, 0.1) is 0 Å². The van der Waals surface area contributed by atoms with Crippen LogP contribution in [-0.2, 0) is 16.0 Å². The Morgan fingerprint density at radius 3 is 2.57 bits per heavy atom. The van der Waals surface area contributed by atoms with Crippen molar-refractivity contribution in [3.63, 3.8) is 0 Å². The highest BCUT2D eigenvalue weighted by molar-refractivity contribution is 5.83. The molecule has 12 heteroatoms. The van der Waals surface area contributed by atoms with Crippen molar-refractivity contribution in [3.05, 3.63) is 42.5 Å². The van der Waals surface area contributed by atoms with Gasteiger partial charge in [-0.2, -0.15) is 0 Å². The number of fused-ring (bicyclic) bond motifs is 1. The van der Waals surface area contributed by atoms with E-state index in [0.29, 0.717) is 23.4 Å². The molecule has 3 heterocycles. The first-order valence-electron chi connectivity index (χ1n) is 12.2. The fourth-order valence-electron chi connectivity index (χ4n) is 4.55. The molecule has 4 N–H and O–H groups in total. The van der Waals surface area contributed by atoms with Crippen LogP contribution in [0.1, 0.15) is 25.6 Å². The van der Waals surface area contributed by atoms with E-state index in [2.05, 4.69) is 25.6 Å². The molecular weight excluding hydrogens is 478 g/mol. The van der Waals surface area contributed by atoms with Gasteiger partial charge in [-0.15, -0.1) is 0 Å². The van der Waals surface area contributed by atoms with Crippen LogP contribution in [0.4, 0.5) is 5.82 Å². The van der Waals surface area contributed by atoms with Gasteiger partial charge in [0.1, 0.15) is 24.3 Å². The molecule has 0 spiro atoms. The fraction of sp³-hybridized carbons (Fsp3) is 0.520. The maximum atomic E-state index is 13.4. The predicted molar refractivity (Wildman–Crippen MR) is 137 cm³/mol. The average Bonchev–Trinajstić information content (AvgIpc) is 3.44. The number of methoxy groups -OCH3 is 1. The third-order valence-corrected chi connectivity index (χ3v) is 6.35. The van der Waals surface area contributed by atoms with Crippen molar-refractivity contribution in [3.8, 4) is 5.75 Å². The van der Waals surface area contributed by atoms with Gasteiger partial charge in [0.15, 0.2) is 23.2 Å². The Kier molecular flexibility index (Phi) is 8.22. The van der Waals surface area contributed by atoms with Gasteiger partial charge in [0.05, 0.1) is 32.1 Å². The number of anilines is 1. The second-order valence-electron chi connectivity index (χ2n) is 9.61. The maximum Gasteiger partial charge on any atom is 0.237 e. The van der Waals surface area contributed by atoms with Crippen molar-refractivity contribution in [2.24, 2.45) is 0 Å². The zero-order valence-electron chi connectivity index (χ0n) is 21.7. The van der Waals surface area contributed by atoms with E-state index in [0.717, 1.165) is 11.3 Å². The van der Waals surface area contributed by atoms with Gasteiger partial charge in [0.2, 0.25) is 5.91 Å². The molecule has 2 aromatic heterocycles. The lowest BCUT2D eigenvalue weighted by Crippen LogP contribution is -2.55. The topological polar surface area (TPSA) is 147 Å². The lowest BCUT2D eigenvalue weighted by Gasteiger charge is -2.26. The molecular formula is C25H35N7O5. The largest absolute Gasteiger partial charge is 0.497 e. The summed E-state index contributed by atoms with van der Waals surface area (Å²) in [6, 6.07) is 6.15. The highest BCUT2D eigenvalue weighted by atomic mass is 16.5. The zero-order valence-corrected chi connectivity index (χ0v) is 21.7. The lowest BCUT2D eigenvalue weighted by atomic mass is 10.0. The van der Waals surface area contributed by atoms with Gasteiger partial charge in [-0.25, -0.2) is 15.0 Å². The Morgan fingerprint density at radius 2 is 1.95 bits per heavy atom. The van der Waals surface area contributed by atoms with Gasteiger partial charge < -0.3 is 35.2 Å². The summed E-state index contributed by atoms with van der Waals surface area (Å²) in [5.41, 5.74) is 1.98. The van der Waals surface area contributed by atoms with E-state index >= 15 is 0 Å². The van der Waals surface area contributed by atoms with E-state index < -0.39 is 30.5 Å². The van der Waals surface area contributed by atoms with E-state index in [9.17, 15) is 15.0 Å². The van der Waals surface area contributed by atoms with Gasteiger partial charge in [-0.05, 0) is 24.1 Å². The van der Waals surface area contributed by atoms with Crippen LogP contribution >= 0.6 is 0 Å². The number of aromatic nitrogens is 4. The normalized spacial score (nSPS) is 22.4. The number of nitrogens with one attached hydrogen (secondary N) is 2. The molecule has 0 aliphatic carbocycles. The number of rotatable bonds is 10. The second-order valence-corrected chi connectivity index (χ2v) is 9.61. The first-order valence-corrected chi connectivity index (χ1v) is 12.2. The van der Waals surface area contributed by atoms with E-state index in [-0.39, 0.29) is 18.6 Å². The molecule has 1 aliphatic rings. The number of imidazole rings is 1. The summed E-state index contributed by atoms with van der Waals surface area (Å²) >= 11 is 0. The molecule has 0 radical (unpaired) electrons. The summed E-state index contributed by atoms with van der Waals surface area (Å²) in [5, 5.41) is 27.4. The molecule has 1 aromatic carbocycles. The quantitative estimate of drug-likeness (QED) is 0.297. The summed E-state index contributed by atoms with van der Waals surface area (Å²) in [7, 11) is 5.30. The molecule has 12 nitrogen and oxygen atoms in total. The molecule has 1 amide bonds. The van der Waals surface area contributed by atoms with Crippen LogP contribution in [0.15, 0.2) is 36.9 Å². The molecule has 5 atom stereocenters. The number of hydrogen-bond acceptors (Lipinski definition) is 10. The molecule has 4 rings (SSSR count). The Labute approximate surface area is 215 Å². The predicted octanol–water partition coefficient (Wildman–Crippen LogP) is 0.246. The molecule has 0 bridgehead atoms. The van der Waals surface area contributed by atoms with Gasteiger partial charge in [-0.3, -0.25) is 9.36 Å². The van der Waals surface area contributed by atoms with Gasteiger partial charge in [0, 0.05) is 20.1 Å². The Morgan fingerprint density at radius 1 is 1.22 bits per heavy atom. The third-order valence-electron chi connectivity index (χ3n) is 6.35. The number of aliphatic hydroxyl groups is 2. The van der Waals surface area contributed by atoms with Crippen LogP contribution in [-0.4, -0.2) is 93.8 Å². The van der Waals surface area contributed by atoms with E-state index in [4.69, 9.17) is 9.47 Å². The Balaban J connectivity index is 1.54. The number of carbonyl (C=O) groups is 1. The first-order chi connectivity index (χ1) is 17.7. The van der Waals surface area contributed by atoms with Crippen molar-refractivity contribution < 1.29 is 24.5 Å². The van der Waals surface area contributed by atoms with Gasteiger partial charge >= 0.3 is 0 Å². The van der Waals surface area contributed by atoms with Gasteiger partial charge in [0.25, 0.3) is 0 Å². The number of carbonyl (C=O) groups excluding carboxylic acids is 1. The molecule has 1 saturated heterocycles. The standard InChI is InChI=1S/C25H35N7O5/c1-14(2)29-17(10-15-6-8-16(36-5)9-7-15)24(35)30-19-18(11-33)37-25(21(19)34)32-13-28-20-22(31(3)4)26-12-27-23(20)32/h6-9,12-14,17-19,21,25,29,33-34H,10-11H2,1-5H3,(H,30,35). The number of benzene rings is 1. The summed E-state index contributed by atoms with van der Waals surface area (Å²) in [6.45, 7) is 3.54. The number of aliphatic hydroxyl groups excluding tert-OH is 2. The Bertz CT molecular complexity index is 1200. The number of ether oxygens (including phenoxy) is 2. The lowest BCUT2D eigenvalue weighted by molar-refractivity contribution is -0.125. The first kappa shape index (κ1) is 26.7. The second kappa shape index (κ2) is 11.4. The van der Waals surface area contributed by atoms with Crippen LogP contribution in [0.25, 0.3) is 11.2 Å². The number of amides is 1. The van der Waals surface area contributed by atoms with Crippen LogP contribution in [0.5, 0.6) is 5.75 Å². The van der Waals surface area contributed by atoms with Crippen molar-refractivity contribution >= 4 is 22.9 Å². The van der Waals surface area contributed by atoms with Crippen molar-refractivity contribution in [2.45, 2.75) is 56.8 Å². The van der Waals surface area contributed by atoms with Gasteiger partial charge in [-0.1, -0.05) is 26.0 Å². The highest BCUT2D eigenvalue weighted by Gasteiger charge is 2.46. The van der Waals surface area contributed by atoms with Crippen molar-refractivity contribution in [2.75, 3.05) is 32.7 Å². The monoisotopic (exact) mass is 513 g/mol. The SMILES string of the molecule is COc1ccc(CC(NC(C)C)C(=O)NC2C(CO)OC(n3cnc4c(N(C)C)ncnc43)C2O)cc1. The minimum Gasteiger partial charge on any atom is -0.497 e. The molecule has 1 aliphatic heterocycles. The van der Waals surface area contributed by atoms with E-state index in [1.807, 2.05) is 57.1 Å². The van der Waals surface area contributed by atoms with Crippen LogP contribution < -0.4 is 20.3 Å².